The van der Waals surface area contributed by atoms with Crippen LogP contribution in [0, 0.1) is 0 Å². The zero-order chi connectivity index (χ0) is 13.9. The van der Waals surface area contributed by atoms with E-state index in [1.54, 1.807) is 0 Å². The summed E-state index contributed by atoms with van der Waals surface area (Å²) in [6.07, 6.45) is 0. The van der Waals surface area contributed by atoms with E-state index in [0.29, 0.717) is 5.56 Å². The first-order chi connectivity index (χ1) is 9.75. The standard InChI is InChI=1S/C15H14BrNO2S/c16-13-9-11(15(18)12-3-8-20-10-12)1-2-14(13)17-4-6-19-7-5-17/h1-3,8-10H,4-7H2. The van der Waals surface area contributed by atoms with Crippen molar-refractivity contribution in [3.8, 4) is 0 Å². The number of anilines is 1. The lowest BCUT2D eigenvalue weighted by molar-refractivity contribution is 0.103. The molecule has 5 heteroatoms. The van der Waals surface area contributed by atoms with Gasteiger partial charge in [-0.15, -0.1) is 0 Å². The Balaban J connectivity index is 1.85. The predicted molar refractivity (Wildman–Crippen MR) is 84.9 cm³/mol. The molecule has 2 aromatic rings. The first-order valence-corrected chi connectivity index (χ1v) is 8.18. The van der Waals surface area contributed by atoms with E-state index in [-0.39, 0.29) is 5.78 Å². The fourth-order valence-corrected chi connectivity index (χ4v) is 3.53. The van der Waals surface area contributed by atoms with Crippen molar-refractivity contribution < 1.29 is 9.53 Å². The number of benzene rings is 1. The van der Waals surface area contributed by atoms with Gasteiger partial charge in [0.05, 0.1) is 18.9 Å². The normalized spacial score (nSPS) is 15.3. The number of hydrogen-bond acceptors (Lipinski definition) is 4. The maximum atomic E-state index is 12.3. The predicted octanol–water partition coefficient (Wildman–Crippen LogP) is 3.58. The van der Waals surface area contributed by atoms with Crippen LogP contribution in [0.3, 0.4) is 0 Å². The van der Waals surface area contributed by atoms with E-state index < -0.39 is 0 Å². The van der Waals surface area contributed by atoms with E-state index >= 15 is 0 Å². The van der Waals surface area contributed by atoms with Gasteiger partial charge in [0, 0.05) is 34.1 Å². The number of carbonyl (C=O) groups is 1. The summed E-state index contributed by atoms with van der Waals surface area (Å²) in [5, 5.41) is 3.80. The number of ketones is 1. The van der Waals surface area contributed by atoms with Crippen LogP contribution >= 0.6 is 27.3 Å². The van der Waals surface area contributed by atoms with Gasteiger partial charge in [-0.25, -0.2) is 0 Å². The molecule has 1 aliphatic heterocycles. The fourth-order valence-electron chi connectivity index (χ4n) is 2.27. The molecule has 0 saturated carbocycles. The molecule has 20 heavy (non-hydrogen) atoms. The molecule has 0 aliphatic carbocycles. The molecular weight excluding hydrogens is 338 g/mol. The lowest BCUT2D eigenvalue weighted by Gasteiger charge is -2.29. The highest BCUT2D eigenvalue weighted by molar-refractivity contribution is 9.10. The van der Waals surface area contributed by atoms with E-state index in [1.807, 2.05) is 35.0 Å². The number of rotatable bonds is 3. The van der Waals surface area contributed by atoms with Gasteiger partial charge in [-0.2, -0.15) is 11.3 Å². The summed E-state index contributed by atoms with van der Waals surface area (Å²) in [5.41, 5.74) is 2.59. The molecule has 0 spiro atoms. The number of halogens is 1. The van der Waals surface area contributed by atoms with Crippen LogP contribution in [0.25, 0.3) is 0 Å². The van der Waals surface area contributed by atoms with Crippen molar-refractivity contribution in [3.63, 3.8) is 0 Å². The van der Waals surface area contributed by atoms with Crippen LogP contribution in [0.1, 0.15) is 15.9 Å². The smallest absolute Gasteiger partial charge is 0.193 e. The number of thiophene rings is 1. The molecule has 3 rings (SSSR count). The van der Waals surface area contributed by atoms with Crippen molar-refractivity contribution in [1.29, 1.82) is 0 Å². The molecule has 0 radical (unpaired) electrons. The molecule has 3 nitrogen and oxygen atoms in total. The number of morpholine rings is 1. The van der Waals surface area contributed by atoms with Gasteiger partial charge in [0.1, 0.15) is 0 Å². The number of hydrogen-bond donors (Lipinski definition) is 0. The van der Waals surface area contributed by atoms with E-state index in [1.165, 1.54) is 11.3 Å². The Morgan fingerprint density at radius 2 is 2.00 bits per heavy atom. The van der Waals surface area contributed by atoms with Gasteiger partial charge in [-0.3, -0.25) is 4.79 Å². The summed E-state index contributed by atoms with van der Waals surface area (Å²) in [7, 11) is 0. The van der Waals surface area contributed by atoms with Crippen LogP contribution in [0.2, 0.25) is 0 Å². The molecule has 2 heterocycles. The second kappa shape index (κ2) is 6.08. The summed E-state index contributed by atoms with van der Waals surface area (Å²) in [6.45, 7) is 3.27. The second-order valence-corrected chi connectivity index (χ2v) is 6.24. The minimum Gasteiger partial charge on any atom is -0.378 e. The van der Waals surface area contributed by atoms with Crippen LogP contribution in [0.5, 0.6) is 0 Å². The Morgan fingerprint density at radius 1 is 1.20 bits per heavy atom. The number of carbonyl (C=O) groups excluding carboxylic acids is 1. The summed E-state index contributed by atoms with van der Waals surface area (Å²) in [4.78, 5) is 14.6. The molecule has 0 atom stereocenters. The average molecular weight is 352 g/mol. The highest BCUT2D eigenvalue weighted by Gasteiger charge is 2.16. The number of ether oxygens (including phenoxy) is 1. The van der Waals surface area contributed by atoms with Gasteiger partial charge in [0.25, 0.3) is 0 Å². The molecule has 0 unspecified atom stereocenters. The van der Waals surface area contributed by atoms with E-state index in [4.69, 9.17) is 4.74 Å². The zero-order valence-corrected chi connectivity index (χ0v) is 13.2. The molecule has 1 saturated heterocycles. The molecule has 1 aliphatic rings. The van der Waals surface area contributed by atoms with Crippen molar-refractivity contribution in [2.45, 2.75) is 0 Å². The third-order valence-electron chi connectivity index (χ3n) is 3.35. The minimum atomic E-state index is 0.0699. The molecule has 1 fully saturated rings. The Hall–Kier alpha value is -1.17. The van der Waals surface area contributed by atoms with Crippen molar-refractivity contribution in [2.75, 3.05) is 31.2 Å². The third kappa shape index (κ3) is 2.80. The van der Waals surface area contributed by atoms with Crippen molar-refractivity contribution in [3.05, 3.63) is 50.6 Å². The van der Waals surface area contributed by atoms with Gasteiger partial charge < -0.3 is 9.64 Å². The van der Waals surface area contributed by atoms with Crippen LogP contribution < -0.4 is 4.90 Å². The SMILES string of the molecule is O=C(c1ccsc1)c1ccc(N2CCOCC2)c(Br)c1. The van der Waals surface area contributed by atoms with Gasteiger partial charge in [-0.1, -0.05) is 0 Å². The van der Waals surface area contributed by atoms with Crippen LogP contribution in [0.4, 0.5) is 5.69 Å². The Bertz CT molecular complexity index is 606. The monoisotopic (exact) mass is 351 g/mol. The average Bonchev–Trinajstić information content (AvgIpc) is 3.01. The van der Waals surface area contributed by atoms with Crippen LogP contribution in [-0.4, -0.2) is 32.1 Å². The first kappa shape index (κ1) is 13.8. The van der Waals surface area contributed by atoms with Gasteiger partial charge in [-0.05, 0) is 45.6 Å². The Labute approximate surface area is 130 Å². The maximum Gasteiger partial charge on any atom is 0.193 e. The van der Waals surface area contributed by atoms with Gasteiger partial charge >= 0.3 is 0 Å². The largest absolute Gasteiger partial charge is 0.378 e. The zero-order valence-electron chi connectivity index (χ0n) is 10.8. The van der Waals surface area contributed by atoms with Crippen molar-refractivity contribution in [1.82, 2.24) is 0 Å². The summed E-state index contributed by atoms with van der Waals surface area (Å²) in [6, 6.07) is 7.67. The van der Waals surface area contributed by atoms with E-state index in [0.717, 1.165) is 42.0 Å². The van der Waals surface area contributed by atoms with Crippen molar-refractivity contribution >= 4 is 38.7 Å². The third-order valence-corrected chi connectivity index (χ3v) is 4.66. The molecule has 0 bridgehead atoms. The first-order valence-electron chi connectivity index (χ1n) is 6.45. The second-order valence-electron chi connectivity index (χ2n) is 4.61. The molecule has 104 valence electrons. The van der Waals surface area contributed by atoms with E-state index in [9.17, 15) is 4.79 Å². The van der Waals surface area contributed by atoms with Gasteiger partial charge in [0.15, 0.2) is 5.78 Å². The molecule has 1 aromatic carbocycles. The van der Waals surface area contributed by atoms with Crippen LogP contribution in [-0.2, 0) is 4.74 Å². The fraction of sp³-hybridized carbons (Fsp3) is 0.267. The lowest BCUT2D eigenvalue weighted by Crippen LogP contribution is -2.36. The molecular formula is C15H14BrNO2S. The molecule has 0 amide bonds. The highest BCUT2D eigenvalue weighted by Crippen LogP contribution is 2.29. The molecule has 0 N–H and O–H groups in total. The molecule has 1 aromatic heterocycles. The summed E-state index contributed by atoms with van der Waals surface area (Å²) in [5.74, 6) is 0.0699. The number of nitrogens with zero attached hydrogens (tertiary/aromatic N) is 1. The Morgan fingerprint density at radius 3 is 2.65 bits per heavy atom. The maximum absolute atomic E-state index is 12.3. The topological polar surface area (TPSA) is 29.5 Å². The minimum absolute atomic E-state index is 0.0699. The summed E-state index contributed by atoms with van der Waals surface area (Å²) >= 11 is 5.12. The van der Waals surface area contributed by atoms with Crippen LogP contribution in [0.15, 0.2) is 39.5 Å². The Kier molecular flexibility index (Phi) is 4.19. The van der Waals surface area contributed by atoms with Crippen molar-refractivity contribution in [2.24, 2.45) is 0 Å². The summed E-state index contributed by atoms with van der Waals surface area (Å²) < 4.78 is 6.32. The van der Waals surface area contributed by atoms with Gasteiger partial charge in [0.2, 0.25) is 0 Å². The lowest BCUT2D eigenvalue weighted by atomic mass is 10.1. The van der Waals surface area contributed by atoms with E-state index in [2.05, 4.69) is 20.8 Å². The highest BCUT2D eigenvalue weighted by atomic mass is 79.9. The quantitative estimate of drug-likeness (QED) is 0.791.